The van der Waals surface area contributed by atoms with E-state index in [9.17, 15) is 0 Å². The summed E-state index contributed by atoms with van der Waals surface area (Å²) in [7, 11) is 0. The monoisotopic (exact) mass is 265 g/mol. The van der Waals surface area contributed by atoms with Crippen molar-refractivity contribution in [1.29, 1.82) is 0 Å². The second-order valence-corrected chi connectivity index (χ2v) is 4.83. The van der Waals surface area contributed by atoms with Gasteiger partial charge in [-0.1, -0.05) is 47.5 Å². The van der Waals surface area contributed by atoms with Gasteiger partial charge in [0.2, 0.25) is 0 Å². The van der Waals surface area contributed by atoms with Gasteiger partial charge in [0.1, 0.15) is 0 Å². The quantitative estimate of drug-likeness (QED) is 0.859. The van der Waals surface area contributed by atoms with Crippen LogP contribution in [0.2, 0.25) is 10.0 Å². The zero-order chi connectivity index (χ0) is 12.4. The summed E-state index contributed by atoms with van der Waals surface area (Å²) in [5.74, 6) is 0. The Kier molecular flexibility index (Phi) is 3.72. The van der Waals surface area contributed by atoms with Crippen molar-refractivity contribution in [3.8, 4) is 0 Å². The van der Waals surface area contributed by atoms with E-state index in [0.29, 0.717) is 5.02 Å². The summed E-state index contributed by atoms with van der Waals surface area (Å²) in [4.78, 5) is 0. The third-order valence-corrected chi connectivity index (χ3v) is 3.50. The first-order chi connectivity index (χ1) is 8.09. The molecule has 0 amide bonds. The Bertz CT molecular complexity index is 537. The van der Waals surface area contributed by atoms with E-state index in [-0.39, 0.29) is 6.04 Å². The molecule has 0 radical (unpaired) electrons. The topological polar surface area (TPSA) is 26.0 Å². The van der Waals surface area contributed by atoms with E-state index in [1.54, 1.807) is 0 Å². The fourth-order valence-electron chi connectivity index (χ4n) is 1.84. The van der Waals surface area contributed by atoms with Gasteiger partial charge in [-0.05, 0) is 41.8 Å². The number of hydrogen-bond donors (Lipinski definition) is 1. The Morgan fingerprint density at radius 2 is 1.76 bits per heavy atom. The lowest BCUT2D eigenvalue weighted by atomic mass is 9.96. The summed E-state index contributed by atoms with van der Waals surface area (Å²) in [6, 6.07) is 13.2. The normalized spacial score (nSPS) is 12.5. The van der Waals surface area contributed by atoms with Crippen LogP contribution in [0.4, 0.5) is 0 Å². The molecule has 2 aromatic rings. The van der Waals surface area contributed by atoms with Crippen LogP contribution in [-0.2, 0) is 0 Å². The van der Waals surface area contributed by atoms with Gasteiger partial charge in [-0.3, -0.25) is 0 Å². The van der Waals surface area contributed by atoms with Crippen molar-refractivity contribution < 1.29 is 0 Å². The molecule has 0 bridgehead atoms. The Labute approximate surface area is 111 Å². The van der Waals surface area contributed by atoms with E-state index < -0.39 is 0 Å². The molecule has 0 aromatic heterocycles. The lowest BCUT2D eigenvalue weighted by Gasteiger charge is -2.16. The van der Waals surface area contributed by atoms with Crippen molar-refractivity contribution in [2.45, 2.75) is 13.0 Å². The summed E-state index contributed by atoms with van der Waals surface area (Å²) in [5.41, 5.74) is 9.27. The Balaban J connectivity index is 2.44. The minimum atomic E-state index is -0.201. The molecule has 0 fully saturated rings. The fraction of sp³-hybridized carbons (Fsp3) is 0.143. The molecule has 0 saturated carbocycles. The van der Waals surface area contributed by atoms with Gasteiger partial charge < -0.3 is 5.73 Å². The molecule has 0 aliphatic rings. The van der Waals surface area contributed by atoms with Gasteiger partial charge in [-0.15, -0.1) is 0 Å². The van der Waals surface area contributed by atoms with Crippen molar-refractivity contribution in [2.24, 2.45) is 5.73 Å². The molecule has 2 N–H and O–H groups in total. The van der Waals surface area contributed by atoms with E-state index in [1.807, 2.05) is 49.4 Å². The minimum absolute atomic E-state index is 0.201. The van der Waals surface area contributed by atoms with Gasteiger partial charge in [0, 0.05) is 10.0 Å². The average molecular weight is 266 g/mol. The molecule has 0 spiro atoms. The van der Waals surface area contributed by atoms with E-state index >= 15 is 0 Å². The third kappa shape index (κ3) is 2.63. The van der Waals surface area contributed by atoms with Crippen molar-refractivity contribution in [1.82, 2.24) is 0 Å². The predicted octanol–water partition coefficient (Wildman–Crippen LogP) is 4.35. The molecular formula is C14H13Cl2N. The number of rotatable bonds is 2. The first-order valence-corrected chi connectivity index (χ1v) is 6.11. The highest BCUT2D eigenvalue weighted by molar-refractivity contribution is 6.31. The molecule has 0 aliphatic carbocycles. The summed E-state index contributed by atoms with van der Waals surface area (Å²) in [6.45, 7) is 1.97. The molecule has 3 heteroatoms. The molecule has 1 unspecified atom stereocenters. The SMILES string of the molecule is Cc1c(Cl)cccc1C(N)c1cccc(Cl)c1. The van der Waals surface area contributed by atoms with Crippen molar-refractivity contribution in [3.05, 3.63) is 69.2 Å². The highest BCUT2D eigenvalue weighted by Gasteiger charge is 2.12. The van der Waals surface area contributed by atoms with Gasteiger partial charge in [0.15, 0.2) is 0 Å². The fourth-order valence-corrected chi connectivity index (χ4v) is 2.22. The molecular weight excluding hydrogens is 253 g/mol. The zero-order valence-electron chi connectivity index (χ0n) is 9.45. The standard InChI is InChI=1S/C14H13Cl2N/c1-9-12(6-3-7-13(9)16)14(17)10-4-2-5-11(15)8-10/h2-8,14H,17H2,1H3. The number of hydrogen-bond acceptors (Lipinski definition) is 1. The highest BCUT2D eigenvalue weighted by Crippen LogP contribution is 2.28. The summed E-state index contributed by atoms with van der Waals surface area (Å²) in [6.07, 6.45) is 0. The van der Waals surface area contributed by atoms with E-state index in [2.05, 4.69) is 0 Å². The van der Waals surface area contributed by atoms with Crippen LogP contribution in [0.3, 0.4) is 0 Å². The van der Waals surface area contributed by atoms with Crippen LogP contribution < -0.4 is 5.73 Å². The Hall–Kier alpha value is -1.02. The molecule has 88 valence electrons. The molecule has 17 heavy (non-hydrogen) atoms. The number of benzene rings is 2. The smallest absolute Gasteiger partial charge is 0.0555 e. The third-order valence-electron chi connectivity index (χ3n) is 2.85. The van der Waals surface area contributed by atoms with Crippen LogP contribution in [0.5, 0.6) is 0 Å². The Morgan fingerprint density at radius 3 is 2.47 bits per heavy atom. The first kappa shape index (κ1) is 12.4. The van der Waals surface area contributed by atoms with Gasteiger partial charge in [-0.2, -0.15) is 0 Å². The van der Waals surface area contributed by atoms with E-state index in [0.717, 1.165) is 21.7 Å². The zero-order valence-corrected chi connectivity index (χ0v) is 11.0. The van der Waals surface area contributed by atoms with Gasteiger partial charge in [-0.25, -0.2) is 0 Å². The molecule has 1 atom stereocenters. The van der Waals surface area contributed by atoms with Crippen molar-refractivity contribution in [2.75, 3.05) is 0 Å². The van der Waals surface area contributed by atoms with Crippen molar-refractivity contribution in [3.63, 3.8) is 0 Å². The first-order valence-electron chi connectivity index (χ1n) is 5.35. The molecule has 0 heterocycles. The van der Waals surface area contributed by atoms with Gasteiger partial charge in [0.25, 0.3) is 0 Å². The maximum Gasteiger partial charge on any atom is 0.0555 e. The van der Waals surface area contributed by atoms with Crippen LogP contribution in [0.25, 0.3) is 0 Å². The van der Waals surface area contributed by atoms with Crippen LogP contribution in [0.15, 0.2) is 42.5 Å². The summed E-state index contributed by atoms with van der Waals surface area (Å²) < 4.78 is 0. The predicted molar refractivity (Wildman–Crippen MR) is 73.7 cm³/mol. The van der Waals surface area contributed by atoms with E-state index in [4.69, 9.17) is 28.9 Å². The Morgan fingerprint density at radius 1 is 1.06 bits per heavy atom. The highest BCUT2D eigenvalue weighted by atomic mass is 35.5. The molecule has 2 aromatic carbocycles. The summed E-state index contributed by atoms with van der Waals surface area (Å²) in [5, 5.41) is 1.43. The largest absolute Gasteiger partial charge is 0.320 e. The molecule has 0 saturated heterocycles. The molecule has 2 rings (SSSR count). The second-order valence-electron chi connectivity index (χ2n) is 3.99. The number of halogens is 2. The van der Waals surface area contributed by atoms with Gasteiger partial charge in [0.05, 0.1) is 6.04 Å². The molecule has 0 aliphatic heterocycles. The van der Waals surface area contributed by atoms with E-state index in [1.165, 1.54) is 0 Å². The van der Waals surface area contributed by atoms with Crippen LogP contribution in [0.1, 0.15) is 22.7 Å². The average Bonchev–Trinajstić information content (AvgIpc) is 2.32. The lowest BCUT2D eigenvalue weighted by Crippen LogP contribution is -2.13. The lowest BCUT2D eigenvalue weighted by molar-refractivity contribution is 0.862. The maximum atomic E-state index is 6.24. The number of nitrogens with two attached hydrogens (primary N) is 1. The summed E-state index contributed by atoms with van der Waals surface area (Å²) >= 11 is 12.1. The second kappa shape index (κ2) is 5.09. The maximum absolute atomic E-state index is 6.24. The van der Waals surface area contributed by atoms with Gasteiger partial charge >= 0.3 is 0 Å². The molecule has 1 nitrogen and oxygen atoms in total. The van der Waals surface area contributed by atoms with Crippen molar-refractivity contribution >= 4 is 23.2 Å². The van der Waals surface area contributed by atoms with Crippen LogP contribution in [-0.4, -0.2) is 0 Å². The van der Waals surface area contributed by atoms with Crippen LogP contribution >= 0.6 is 23.2 Å². The minimum Gasteiger partial charge on any atom is -0.320 e. The van der Waals surface area contributed by atoms with Crippen LogP contribution in [0, 0.1) is 6.92 Å².